The lowest BCUT2D eigenvalue weighted by atomic mass is 9.93. The molecule has 4 rings (SSSR count). The van der Waals surface area contributed by atoms with Crippen LogP contribution in [0.25, 0.3) is 11.4 Å². The summed E-state index contributed by atoms with van der Waals surface area (Å²) < 4.78 is 0. The molecule has 1 fully saturated rings. The second kappa shape index (κ2) is 8.88. The number of aromatic nitrogens is 4. The van der Waals surface area contributed by atoms with Gasteiger partial charge in [-0.1, -0.05) is 37.6 Å². The van der Waals surface area contributed by atoms with Crippen molar-refractivity contribution in [2.45, 2.75) is 52.0 Å². The Morgan fingerprint density at radius 1 is 1.13 bits per heavy atom. The van der Waals surface area contributed by atoms with Gasteiger partial charge in [-0.25, -0.2) is 15.0 Å². The van der Waals surface area contributed by atoms with E-state index < -0.39 is 0 Å². The minimum atomic E-state index is -0.0821. The predicted molar refractivity (Wildman–Crippen MR) is 118 cm³/mol. The largest absolute Gasteiger partial charge is 0.307 e. The highest BCUT2D eigenvalue weighted by molar-refractivity contribution is 5.55. The van der Waals surface area contributed by atoms with Crippen molar-refractivity contribution in [2.24, 2.45) is 0 Å². The molecule has 156 valence electrons. The van der Waals surface area contributed by atoms with Crippen molar-refractivity contribution in [2.75, 3.05) is 13.1 Å². The molecule has 0 saturated carbocycles. The van der Waals surface area contributed by atoms with Crippen LogP contribution < -0.4 is 5.56 Å². The molecule has 30 heavy (non-hydrogen) atoms. The van der Waals surface area contributed by atoms with Crippen molar-refractivity contribution < 1.29 is 0 Å². The van der Waals surface area contributed by atoms with Gasteiger partial charge in [0.05, 0.1) is 5.69 Å². The van der Waals surface area contributed by atoms with Crippen LogP contribution in [0.4, 0.5) is 0 Å². The van der Waals surface area contributed by atoms with Gasteiger partial charge in [0.25, 0.3) is 5.56 Å². The number of aryl methyl sites for hydroxylation is 1. The maximum absolute atomic E-state index is 12.3. The number of hydrogen-bond acceptors (Lipinski definition) is 5. The molecule has 0 aliphatic carbocycles. The van der Waals surface area contributed by atoms with E-state index in [9.17, 15) is 4.79 Å². The van der Waals surface area contributed by atoms with Crippen LogP contribution in [0.3, 0.4) is 0 Å². The molecule has 3 aromatic rings. The zero-order valence-electron chi connectivity index (χ0n) is 17.9. The third kappa shape index (κ3) is 4.82. The highest BCUT2D eigenvalue weighted by Gasteiger charge is 2.23. The summed E-state index contributed by atoms with van der Waals surface area (Å²) in [7, 11) is 0. The average molecular weight is 404 g/mol. The van der Waals surface area contributed by atoms with E-state index in [0.717, 1.165) is 60.7 Å². The monoisotopic (exact) mass is 403 g/mol. The fraction of sp³-hybridized carbons (Fsp3) is 0.417. The molecule has 0 unspecified atom stereocenters. The van der Waals surface area contributed by atoms with Crippen LogP contribution in [0.2, 0.25) is 0 Å². The number of H-pyrrole nitrogens is 1. The number of benzene rings is 1. The van der Waals surface area contributed by atoms with Gasteiger partial charge in [0.15, 0.2) is 0 Å². The van der Waals surface area contributed by atoms with Gasteiger partial charge >= 0.3 is 0 Å². The van der Waals surface area contributed by atoms with E-state index in [1.807, 2.05) is 37.5 Å². The van der Waals surface area contributed by atoms with E-state index in [0.29, 0.717) is 17.7 Å². The molecule has 2 aromatic heterocycles. The molecule has 6 heteroatoms. The van der Waals surface area contributed by atoms with Gasteiger partial charge in [-0.05, 0) is 38.9 Å². The average Bonchev–Trinajstić information content (AvgIpc) is 2.74. The second-order valence-electron chi connectivity index (χ2n) is 8.54. The summed E-state index contributed by atoms with van der Waals surface area (Å²) in [5.41, 5.74) is 4.07. The smallest absolute Gasteiger partial charge is 0.251 e. The zero-order chi connectivity index (χ0) is 21.1. The first-order valence-electron chi connectivity index (χ1n) is 10.7. The van der Waals surface area contributed by atoms with Gasteiger partial charge in [0.2, 0.25) is 0 Å². The Balaban J connectivity index is 1.42. The molecule has 1 saturated heterocycles. The Kier molecular flexibility index (Phi) is 6.04. The number of nitrogens with zero attached hydrogens (tertiary/aromatic N) is 4. The van der Waals surface area contributed by atoms with Gasteiger partial charge < -0.3 is 4.98 Å². The van der Waals surface area contributed by atoms with Crippen molar-refractivity contribution in [3.63, 3.8) is 0 Å². The number of nitrogens with one attached hydrogen (secondary N) is 1. The van der Waals surface area contributed by atoms with Gasteiger partial charge in [0, 0.05) is 48.0 Å². The summed E-state index contributed by atoms with van der Waals surface area (Å²) >= 11 is 0. The van der Waals surface area contributed by atoms with Crippen molar-refractivity contribution in [3.8, 4) is 11.4 Å². The summed E-state index contributed by atoms with van der Waals surface area (Å²) in [6.07, 6.45) is 5.88. The number of rotatable bonds is 5. The molecular formula is C24H29N5O. The van der Waals surface area contributed by atoms with E-state index in [1.54, 1.807) is 6.07 Å². The van der Waals surface area contributed by atoms with Crippen molar-refractivity contribution >= 4 is 0 Å². The van der Waals surface area contributed by atoms with E-state index in [4.69, 9.17) is 4.98 Å². The molecule has 0 bridgehead atoms. The van der Waals surface area contributed by atoms with E-state index >= 15 is 0 Å². The molecule has 6 nitrogen and oxygen atoms in total. The Morgan fingerprint density at radius 3 is 2.53 bits per heavy atom. The van der Waals surface area contributed by atoms with Crippen molar-refractivity contribution in [1.29, 1.82) is 0 Å². The summed E-state index contributed by atoms with van der Waals surface area (Å²) in [5, 5.41) is 0. The van der Waals surface area contributed by atoms with Gasteiger partial charge in [-0.2, -0.15) is 0 Å². The van der Waals surface area contributed by atoms with E-state index in [2.05, 4.69) is 39.8 Å². The minimum Gasteiger partial charge on any atom is -0.307 e. The molecule has 0 radical (unpaired) electrons. The molecule has 3 heterocycles. The first-order valence-corrected chi connectivity index (χ1v) is 10.7. The number of piperidine rings is 1. The highest BCUT2D eigenvalue weighted by Crippen LogP contribution is 2.28. The Bertz CT molecular complexity index is 1050. The molecular weight excluding hydrogens is 374 g/mol. The van der Waals surface area contributed by atoms with Crippen LogP contribution >= 0.6 is 0 Å². The van der Waals surface area contributed by atoms with Gasteiger partial charge in [0.1, 0.15) is 11.6 Å². The Labute approximate surface area is 177 Å². The fourth-order valence-electron chi connectivity index (χ4n) is 4.00. The number of likely N-dealkylation sites (tertiary alicyclic amines) is 1. The fourth-order valence-corrected chi connectivity index (χ4v) is 4.00. The van der Waals surface area contributed by atoms with Crippen LogP contribution in [-0.2, 0) is 6.54 Å². The topological polar surface area (TPSA) is 74.8 Å². The molecule has 1 aromatic carbocycles. The first-order chi connectivity index (χ1) is 14.5. The summed E-state index contributed by atoms with van der Waals surface area (Å²) in [5.74, 6) is 2.21. The maximum atomic E-state index is 12.3. The van der Waals surface area contributed by atoms with Gasteiger partial charge in [-0.3, -0.25) is 9.69 Å². The van der Waals surface area contributed by atoms with E-state index in [1.165, 1.54) is 0 Å². The lowest BCUT2D eigenvalue weighted by Crippen LogP contribution is -2.33. The standard InChI is InChI=1S/C24H29N5O/c1-16(2)23-25-13-18(14-26-23)15-29-9-7-19(8-10-29)21-12-22(30)28-24(27-21)20-6-4-5-17(3)11-20/h4-6,11-14,16,19H,7-10,15H2,1-3H3,(H,27,28,30). The maximum Gasteiger partial charge on any atom is 0.251 e. The third-order valence-electron chi connectivity index (χ3n) is 5.71. The summed E-state index contributed by atoms with van der Waals surface area (Å²) in [6, 6.07) is 9.75. The second-order valence-corrected chi connectivity index (χ2v) is 8.54. The molecule has 1 aliphatic rings. The highest BCUT2D eigenvalue weighted by atomic mass is 16.1. The van der Waals surface area contributed by atoms with Gasteiger partial charge in [-0.15, -0.1) is 0 Å². The van der Waals surface area contributed by atoms with Crippen LogP contribution in [0, 0.1) is 6.92 Å². The number of hydrogen-bond donors (Lipinski definition) is 1. The molecule has 0 spiro atoms. The van der Waals surface area contributed by atoms with Crippen molar-refractivity contribution in [1.82, 2.24) is 24.8 Å². The Morgan fingerprint density at radius 2 is 1.87 bits per heavy atom. The predicted octanol–water partition coefficient (Wildman–Crippen LogP) is 4.04. The third-order valence-corrected chi connectivity index (χ3v) is 5.71. The molecule has 1 N–H and O–H groups in total. The SMILES string of the molecule is Cc1cccc(-c2nc(C3CCN(Cc4cnc(C(C)C)nc4)CC3)cc(=O)[nH]2)c1. The lowest BCUT2D eigenvalue weighted by Gasteiger charge is -2.31. The van der Waals surface area contributed by atoms with Crippen LogP contribution in [0.15, 0.2) is 47.5 Å². The van der Waals surface area contributed by atoms with E-state index in [-0.39, 0.29) is 5.56 Å². The normalized spacial score (nSPS) is 15.6. The van der Waals surface area contributed by atoms with Crippen molar-refractivity contribution in [3.05, 3.63) is 75.7 Å². The molecule has 1 aliphatic heterocycles. The van der Waals surface area contributed by atoms with Crippen LogP contribution in [0.5, 0.6) is 0 Å². The quantitative estimate of drug-likeness (QED) is 0.696. The molecule has 0 amide bonds. The van der Waals surface area contributed by atoms with Crippen LogP contribution in [0.1, 0.15) is 61.2 Å². The van der Waals surface area contributed by atoms with Crippen LogP contribution in [-0.4, -0.2) is 37.9 Å². The summed E-state index contributed by atoms with van der Waals surface area (Å²) in [4.78, 5) is 31.4. The zero-order valence-corrected chi connectivity index (χ0v) is 17.9. The molecule has 0 atom stereocenters. The lowest BCUT2D eigenvalue weighted by molar-refractivity contribution is 0.203. The first kappa shape index (κ1) is 20.4. The summed E-state index contributed by atoms with van der Waals surface area (Å²) in [6.45, 7) is 9.07. The Hall–Kier alpha value is -2.86. The minimum absolute atomic E-state index is 0.0821. The number of aromatic amines is 1.